The zero-order valence-electron chi connectivity index (χ0n) is 13.6. The largest absolute Gasteiger partial charge is 0.349 e. The first-order valence-electron chi connectivity index (χ1n) is 7.76. The Labute approximate surface area is 126 Å². The third kappa shape index (κ3) is 4.52. The molecular formula is C15H27N5O. The van der Waals surface area contributed by atoms with Crippen LogP contribution in [0.15, 0.2) is 0 Å². The molecular weight excluding hydrogens is 266 g/mol. The highest BCUT2D eigenvalue weighted by Crippen LogP contribution is 2.19. The van der Waals surface area contributed by atoms with Gasteiger partial charge in [-0.1, -0.05) is 20.8 Å². The summed E-state index contributed by atoms with van der Waals surface area (Å²) in [4.78, 5) is 18.6. The summed E-state index contributed by atoms with van der Waals surface area (Å²) in [6.45, 7) is 9.13. The Morgan fingerprint density at radius 1 is 1.38 bits per heavy atom. The van der Waals surface area contributed by atoms with Gasteiger partial charge in [0.2, 0.25) is 5.82 Å². The van der Waals surface area contributed by atoms with Crippen LogP contribution >= 0.6 is 0 Å². The molecule has 0 bridgehead atoms. The van der Waals surface area contributed by atoms with E-state index in [4.69, 9.17) is 0 Å². The summed E-state index contributed by atoms with van der Waals surface area (Å²) in [5.74, 6) is 1.51. The lowest BCUT2D eigenvalue weighted by molar-refractivity contribution is 0.0939. The van der Waals surface area contributed by atoms with Crippen LogP contribution in [0.1, 0.15) is 56.5 Å². The number of hydrogen-bond donors (Lipinski definition) is 2. The molecule has 1 aromatic rings. The molecule has 6 heteroatoms. The molecule has 2 heterocycles. The van der Waals surface area contributed by atoms with E-state index in [2.05, 4.69) is 32.4 Å². The molecule has 1 fully saturated rings. The van der Waals surface area contributed by atoms with Gasteiger partial charge in [0.15, 0.2) is 0 Å². The van der Waals surface area contributed by atoms with Gasteiger partial charge < -0.3 is 10.2 Å². The minimum atomic E-state index is -0.185. The molecule has 0 unspecified atom stereocenters. The first-order chi connectivity index (χ1) is 9.86. The third-order valence-corrected chi connectivity index (χ3v) is 4.08. The second-order valence-corrected chi connectivity index (χ2v) is 7.05. The monoisotopic (exact) mass is 293 g/mol. The van der Waals surface area contributed by atoms with E-state index < -0.39 is 0 Å². The Morgan fingerprint density at radius 2 is 2.05 bits per heavy atom. The molecule has 0 atom stereocenters. The van der Waals surface area contributed by atoms with Crippen LogP contribution < -0.4 is 5.32 Å². The Bertz CT molecular complexity index is 469. The molecule has 1 saturated heterocycles. The Morgan fingerprint density at radius 3 is 2.62 bits per heavy atom. The van der Waals surface area contributed by atoms with Crippen molar-refractivity contribution in [2.45, 2.75) is 45.4 Å². The average molecular weight is 293 g/mol. The van der Waals surface area contributed by atoms with Gasteiger partial charge in [-0.25, -0.2) is 4.98 Å². The number of nitrogens with one attached hydrogen (secondary N) is 2. The molecule has 21 heavy (non-hydrogen) atoms. The molecule has 0 spiro atoms. The maximum atomic E-state index is 12.0. The van der Waals surface area contributed by atoms with E-state index in [0.717, 1.165) is 31.3 Å². The summed E-state index contributed by atoms with van der Waals surface area (Å²) in [5.41, 5.74) is -0.125. The molecule has 0 saturated carbocycles. The van der Waals surface area contributed by atoms with Gasteiger partial charge in [-0.05, 0) is 45.3 Å². The van der Waals surface area contributed by atoms with Crippen molar-refractivity contribution in [2.24, 2.45) is 5.92 Å². The van der Waals surface area contributed by atoms with Crippen LogP contribution in [0.25, 0.3) is 0 Å². The van der Waals surface area contributed by atoms with Crippen LogP contribution in [-0.4, -0.2) is 52.7 Å². The zero-order chi connectivity index (χ0) is 15.5. The van der Waals surface area contributed by atoms with Crippen molar-refractivity contribution in [2.75, 3.05) is 26.7 Å². The quantitative estimate of drug-likeness (QED) is 0.883. The minimum Gasteiger partial charge on any atom is -0.349 e. The molecule has 1 aliphatic heterocycles. The van der Waals surface area contributed by atoms with Gasteiger partial charge in [-0.15, -0.1) is 5.10 Å². The molecule has 1 amide bonds. The molecule has 6 nitrogen and oxygen atoms in total. The topological polar surface area (TPSA) is 73.9 Å². The Hall–Kier alpha value is -1.43. The number of piperidine rings is 1. The number of nitrogens with zero attached hydrogens (tertiary/aromatic N) is 3. The van der Waals surface area contributed by atoms with Crippen LogP contribution in [0.5, 0.6) is 0 Å². The number of carbonyl (C=O) groups is 1. The number of carbonyl (C=O) groups excluding carboxylic acids is 1. The van der Waals surface area contributed by atoms with Crippen molar-refractivity contribution in [3.05, 3.63) is 11.6 Å². The fourth-order valence-corrected chi connectivity index (χ4v) is 2.52. The SMILES string of the molecule is CN1CCC(CCNC(=O)c2n[nH]c(C(C)(C)C)n2)CC1. The lowest BCUT2D eigenvalue weighted by atomic mass is 9.94. The Balaban J connectivity index is 1.76. The van der Waals surface area contributed by atoms with Crippen LogP contribution in [0, 0.1) is 5.92 Å². The third-order valence-electron chi connectivity index (χ3n) is 4.08. The maximum absolute atomic E-state index is 12.0. The van der Waals surface area contributed by atoms with Gasteiger partial charge in [-0.3, -0.25) is 9.89 Å². The number of H-pyrrole nitrogens is 1. The number of rotatable bonds is 4. The molecule has 118 valence electrons. The number of aromatic nitrogens is 3. The minimum absolute atomic E-state index is 0.125. The summed E-state index contributed by atoms with van der Waals surface area (Å²) >= 11 is 0. The lowest BCUT2D eigenvalue weighted by Gasteiger charge is -2.28. The van der Waals surface area contributed by atoms with Crippen molar-refractivity contribution in [3.63, 3.8) is 0 Å². The highest BCUT2D eigenvalue weighted by atomic mass is 16.2. The van der Waals surface area contributed by atoms with E-state index in [1.807, 2.05) is 20.8 Å². The highest BCUT2D eigenvalue weighted by Gasteiger charge is 2.21. The van der Waals surface area contributed by atoms with Gasteiger partial charge in [-0.2, -0.15) is 0 Å². The second-order valence-electron chi connectivity index (χ2n) is 7.05. The molecule has 2 rings (SSSR count). The van der Waals surface area contributed by atoms with Crippen molar-refractivity contribution in [1.82, 2.24) is 25.4 Å². The molecule has 1 aliphatic rings. The average Bonchev–Trinajstić information content (AvgIpc) is 2.90. The smallest absolute Gasteiger partial charge is 0.290 e. The van der Waals surface area contributed by atoms with E-state index in [1.54, 1.807) is 0 Å². The number of likely N-dealkylation sites (tertiary alicyclic amines) is 1. The van der Waals surface area contributed by atoms with Crippen LogP contribution in [0.2, 0.25) is 0 Å². The summed E-state index contributed by atoms with van der Waals surface area (Å²) < 4.78 is 0. The molecule has 0 aromatic carbocycles. The molecule has 0 aliphatic carbocycles. The van der Waals surface area contributed by atoms with Crippen LogP contribution in [-0.2, 0) is 5.41 Å². The first-order valence-corrected chi connectivity index (χ1v) is 7.76. The van der Waals surface area contributed by atoms with Gasteiger partial charge in [0.25, 0.3) is 5.91 Å². The maximum Gasteiger partial charge on any atom is 0.290 e. The van der Waals surface area contributed by atoms with Gasteiger partial charge in [0, 0.05) is 12.0 Å². The fraction of sp³-hybridized carbons (Fsp3) is 0.800. The van der Waals surface area contributed by atoms with Crippen LogP contribution in [0.3, 0.4) is 0 Å². The van der Waals surface area contributed by atoms with Crippen molar-refractivity contribution < 1.29 is 4.79 Å². The number of hydrogen-bond acceptors (Lipinski definition) is 4. The number of aromatic amines is 1. The standard InChI is InChI=1S/C15H27N5O/c1-15(2,3)14-17-12(18-19-14)13(21)16-8-5-11-6-9-20(4)10-7-11/h11H,5-10H2,1-4H3,(H,16,21)(H,17,18,19). The summed E-state index contributed by atoms with van der Waals surface area (Å²) in [5, 5.41) is 9.77. The van der Waals surface area contributed by atoms with Crippen molar-refractivity contribution in [1.29, 1.82) is 0 Å². The molecule has 1 aromatic heterocycles. The lowest BCUT2D eigenvalue weighted by Crippen LogP contribution is -2.33. The van der Waals surface area contributed by atoms with Gasteiger partial charge in [0.1, 0.15) is 5.82 Å². The van der Waals surface area contributed by atoms with Gasteiger partial charge in [0.05, 0.1) is 0 Å². The summed E-state index contributed by atoms with van der Waals surface area (Å²) in [6.07, 6.45) is 3.48. The zero-order valence-corrected chi connectivity index (χ0v) is 13.6. The summed E-state index contributed by atoms with van der Waals surface area (Å²) in [6, 6.07) is 0. The van der Waals surface area contributed by atoms with E-state index in [9.17, 15) is 4.79 Å². The van der Waals surface area contributed by atoms with E-state index in [0.29, 0.717) is 6.54 Å². The van der Waals surface area contributed by atoms with Crippen molar-refractivity contribution >= 4 is 5.91 Å². The van der Waals surface area contributed by atoms with Crippen LogP contribution in [0.4, 0.5) is 0 Å². The highest BCUT2D eigenvalue weighted by molar-refractivity contribution is 5.90. The fourth-order valence-electron chi connectivity index (χ4n) is 2.52. The number of amides is 1. The van der Waals surface area contributed by atoms with Gasteiger partial charge >= 0.3 is 0 Å². The second kappa shape index (κ2) is 6.56. The molecule has 2 N–H and O–H groups in total. The van der Waals surface area contributed by atoms with E-state index in [-0.39, 0.29) is 17.1 Å². The predicted molar refractivity (Wildman–Crippen MR) is 82.3 cm³/mol. The Kier molecular flexibility index (Phi) is 4.98. The van der Waals surface area contributed by atoms with E-state index >= 15 is 0 Å². The predicted octanol–water partition coefficient (Wildman–Crippen LogP) is 1.56. The van der Waals surface area contributed by atoms with Crippen molar-refractivity contribution in [3.8, 4) is 0 Å². The summed E-state index contributed by atoms with van der Waals surface area (Å²) in [7, 11) is 2.16. The first kappa shape index (κ1) is 15.9. The van der Waals surface area contributed by atoms with E-state index in [1.165, 1.54) is 12.8 Å². The molecule has 0 radical (unpaired) electrons. The normalized spacial score (nSPS) is 17.9.